The lowest BCUT2D eigenvalue weighted by Crippen LogP contribution is -2.40. The summed E-state index contributed by atoms with van der Waals surface area (Å²) in [5, 5.41) is 11.6. The Kier molecular flexibility index (Phi) is 5.32. The molecular weight excluding hydrogens is 340 g/mol. The van der Waals surface area contributed by atoms with Crippen LogP contribution in [0.5, 0.6) is 0 Å². The van der Waals surface area contributed by atoms with E-state index >= 15 is 0 Å². The summed E-state index contributed by atoms with van der Waals surface area (Å²) >= 11 is 1.49. The van der Waals surface area contributed by atoms with Gasteiger partial charge >= 0.3 is 5.97 Å². The number of amides is 2. The molecule has 2 heterocycles. The van der Waals surface area contributed by atoms with Gasteiger partial charge in [0.15, 0.2) is 0 Å². The van der Waals surface area contributed by atoms with Crippen LogP contribution >= 0.6 is 11.8 Å². The second kappa shape index (κ2) is 7.47. The highest BCUT2D eigenvalue weighted by Gasteiger charge is 2.27. The Balaban J connectivity index is 1.69. The van der Waals surface area contributed by atoms with Gasteiger partial charge in [-0.25, -0.2) is 0 Å². The van der Waals surface area contributed by atoms with Crippen LogP contribution in [-0.2, 0) is 9.59 Å². The highest BCUT2D eigenvalue weighted by molar-refractivity contribution is 8.00. The summed E-state index contributed by atoms with van der Waals surface area (Å²) in [5.41, 5.74) is 1.26. The van der Waals surface area contributed by atoms with Gasteiger partial charge in [0, 0.05) is 30.0 Å². The van der Waals surface area contributed by atoms with Crippen molar-refractivity contribution in [2.45, 2.75) is 42.8 Å². The first-order chi connectivity index (χ1) is 11.9. The van der Waals surface area contributed by atoms with Crippen molar-refractivity contribution >= 4 is 35.2 Å². The molecule has 25 heavy (non-hydrogen) atoms. The smallest absolute Gasteiger partial charge is 0.303 e. The van der Waals surface area contributed by atoms with Crippen LogP contribution in [-0.4, -0.2) is 46.1 Å². The quantitative estimate of drug-likeness (QED) is 0.860. The van der Waals surface area contributed by atoms with Crippen LogP contribution in [0.3, 0.4) is 0 Å². The number of carboxylic acid groups (broad SMARTS) is 1. The fraction of sp³-hybridized carbons (Fsp3) is 0.500. The van der Waals surface area contributed by atoms with Crippen molar-refractivity contribution in [3.8, 4) is 0 Å². The first-order valence-corrected chi connectivity index (χ1v) is 9.44. The Labute approximate surface area is 151 Å². The maximum atomic E-state index is 12.8. The number of aliphatic carboxylic acids is 1. The van der Waals surface area contributed by atoms with Crippen LogP contribution in [0.1, 0.15) is 43.0 Å². The predicted molar refractivity (Wildman–Crippen MR) is 95.9 cm³/mol. The summed E-state index contributed by atoms with van der Waals surface area (Å²) in [6, 6.07) is 5.43. The van der Waals surface area contributed by atoms with Crippen molar-refractivity contribution < 1.29 is 19.5 Å². The van der Waals surface area contributed by atoms with Gasteiger partial charge in [-0.2, -0.15) is 0 Å². The molecule has 1 saturated heterocycles. The maximum absolute atomic E-state index is 12.8. The zero-order valence-corrected chi connectivity index (χ0v) is 15.0. The normalized spacial score (nSPS) is 22.9. The number of carbonyl (C=O) groups excluding carboxylic acids is 2. The zero-order chi connectivity index (χ0) is 18.0. The number of hydrogen-bond donors (Lipinski definition) is 2. The minimum atomic E-state index is -0.791. The standard InChI is InChI=1S/C18H22N2O4S/c1-11-17(23)19-14-9-13(5-6-15(14)25-11)18(24)20-8-2-3-12(10-20)4-7-16(21)22/h5-6,9,11-12H,2-4,7-8,10H2,1H3,(H,19,23)(H,21,22). The number of piperidine rings is 1. The molecule has 2 amide bonds. The summed E-state index contributed by atoms with van der Waals surface area (Å²) < 4.78 is 0. The van der Waals surface area contributed by atoms with E-state index in [0.717, 1.165) is 17.7 Å². The van der Waals surface area contributed by atoms with Crippen LogP contribution in [0.4, 0.5) is 5.69 Å². The molecular formula is C18H22N2O4S. The van der Waals surface area contributed by atoms with Gasteiger partial charge in [0.05, 0.1) is 10.9 Å². The Bertz CT molecular complexity index is 706. The number of thioether (sulfide) groups is 1. The van der Waals surface area contributed by atoms with Gasteiger partial charge in [-0.05, 0) is 50.3 Å². The fourth-order valence-electron chi connectivity index (χ4n) is 3.34. The van der Waals surface area contributed by atoms with Crippen LogP contribution in [0.25, 0.3) is 0 Å². The molecule has 0 bridgehead atoms. The first kappa shape index (κ1) is 17.8. The molecule has 0 radical (unpaired) electrons. The third-order valence-corrected chi connectivity index (χ3v) is 5.91. The number of rotatable bonds is 4. The average Bonchev–Trinajstić information content (AvgIpc) is 2.60. The van der Waals surface area contributed by atoms with E-state index in [-0.39, 0.29) is 29.4 Å². The third kappa shape index (κ3) is 4.15. The highest BCUT2D eigenvalue weighted by atomic mass is 32.2. The van der Waals surface area contributed by atoms with Gasteiger partial charge < -0.3 is 15.3 Å². The summed E-state index contributed by atoms with van der Waals surface area (Å²) in [7, 11) is 0. The van der Waals surface area contributed by atoms with Gasteiger partial charge in [-0.15, -0.1) is 11.8 Å². The maximum Gasteiger partial charge on any atom is 0.303 e. The molecule has 2 aliphatic heterocycles. The van der Waals surface area contributed by atoms with Crippen molar-refractivity contribution in [3.63, 3.8) is 0 Å². The molecule has 3 rings (SSSR count). The molecule has 7 heteroatoms. The van der Waals surface area contributed by atoms with E-state index in [0.29, 0.717) is 30.8 Å². The second-order valence-electron chi connectivity index (χ2n) is 6.65. The van der Waals surface area contributed by atoms with Gasteiger partial charge in [-0.3, -0.25) is 14.4 Å². The molecule has 2 atom stereocenters. The monoisotopic (exact) mass is 362 g/mol. The molecule has 0 aliphatic carbocycles. The number of carboxylic acids is 1. The molecule has 1 fully saturated rings. The number of nitrogens with one attached hydrogen (secondary N) is 1. The van der Waals surface area contributed by atoms with E-state index in [1.54, 1.807) is 17.0 Å². The molecule has 2 aliphatic rings. The first-order valence-electron chi connectivity index (χ1n) is 8.56. The van der Waals surface area contributed by atoms with E-state index in [9.17, 15) is 14.4 Å². The number of fused-ring (bicyclic) bond motifs is 1. The number of carbonyl (C=O) groups is 3. The van der Waals surface area contributed by atoms with Crippen molar-refractivity contribution in [1.29, 1.82) is 0 Å². The molecule has 1 aromatic rings. The Morgan fingerprint density at radius 3 is 2.96 bits per heavy atom. The molecule has 2 N–H and O–H groups in total. The van der Waals surface area contributed by atoms with Crippen LogP contribution in [0.2, 0.25) is 0 Å². The lowest BCUT2D eigenvalue weighted by atomic mass is 9.93. The molecule has 0 spiro atoms. The summed E-state index contributed by atoms with van der Waals surface area (Å²) in [5.74, 6) is -0.655. The molecule has 0 saturated carbocycles. The van der Waals surface area contributed by atoms with Crippen LogP contribution in [0.15, 0.2) is 23.1 Å². The number of likely N-dealkylation sites (tertiary alicyclic amines) is 1. The summed E-state index contributed by atoms with van der Waals surface area (Å²) in [6.45, 7) is 3.14. The van der Waals surface area contributed by atoms with Gasteiger partial charge in [-0.1, -0.05) is 0 Å². The lowest BCUT2D eigenvalue weighted by molar-refractivity contribution is -0.137. The minimum absolute atomic E-state index is 0.0474. The van der Waals surface area contributed by atoms with Gasteiger partial charge in [0.25, 0.3) is 5.91 Å². The predicted octanol–water partition coefficient (Wildman–Crippen LogP) is 2.84. The molecule has 0 aromatic heterocycles. The molecule has 1 aromatic carbocycles. The van der Waals surface area contributed by atoms with Crippen LogP contribution in [0, 0.1) is 5.92 Å². The highest BCUT2D eigenvalue weighted by Crippen LogP contribution is 2.36. The fourth-order valence-corrected chi connectivity index (χ4v) is 4.27. The van der Waals surface area contributed by atoms with Crippen molar-refractivity contribution in [2.75, 3.05) is 18.4 Å². The molecule has 6 nitrogen and oxygen atoms in total. The second-order valence-corrected chi connectivity index (χ2v) is 8.03. The van der Waals surface area contributed by atoms with E-state index in [1.807, 2.05) is 13.0 Å². The topological polar surface area (TPSA) is 86.7 Å². The average molecular weight is 362 g/mol. The zero-order valence-electron chi connectivity index (χ0n) is 14.2. The SMILES string of the molecule is CC1Sc2ccc(C(=O)N3CCCC(CCC(=O)O)C3)cc2NC1=O. The lowest BCUT2D eigenvalue weighted by Gasteiger charge is -2.33. The number of benzene rings is 1. The van der Waals surface area contributed by atoms with Crippen molar-refractivity contribution in [1.82, 2.24) is 4.90 Å². The minimum Gasteiger partial charge on any atom is -0.481 e. The Morgan fingerprint density at radius 2 is 2.20 bits per heavy atom. The van der Waals surface area contributed by atoms with Crippen molar-refractivity contribution in [3.05, 3.63) is 23.8 Å². The summed E-state index contributed by atoms with van der Waals surface area (Å²) in [6.07, 6.45) is 2.61. The number of anilines is 1. The number of hydrogen-bond acceptors (Lipinski definition) is 4. The van der Waals surface area contributed by atoms with Crippen molar-refractivity contribution in [2.24, 2.45) is 5.92 Å². The summed E-state index contributed by atoms with van der Waals surface area (Å²) in [4.78, 5) is 38.2. The number of nitrogens with zero attached hydrogens (tertiary/aromatic N) is 1. The molecule has 134 valence electrons. The van der Waals surface area contributed by atoms with E-state index in [4.69, 9.17) is 5.11 Å². The van der Waals surface area contributed by atoms with Gasteiger partial charge in [0.2, 0.25) is 5.91 Å². The Hall–Kier alpha value is -2.02. The van der Waals surface area contributed by atoms with E-state index in [1.165, 1.54) is 11.8 Å². The third-order valence-electron chi connectivity index (χ3n) is 4.73. The van der Waals surface area contributed by atoms with E-state index in [2.05, 4.69) is 5.32 Å². The molecule has 2 unspecified atom stereocenters. The van der Waals surface area contributed by atoms with E-state index < -0.39 is 5.97 Å². The van der Waals surface area contributed by atoms with Gasteiger partial charge in [0.1, 0.15) is 0 Å². The van der Waals surface area contributed by atoms with Crippen LogP contribution < -0.4 is 5.32 Å². The Morgan fingerprint density at radius 1 is 1.40 bits per heavy atom. The largest absolute Gasteiger partial charge is 0.481 e.